The fraction of sp³-hybridized carbons (Fsp3) is 0.625. The lowest BCUT2D eigenvalue weighted by Gasteiger charge is -2.43. The second-order valence-electron chi connectivity index (χ2n) is 6.34. The molecule has 136 valence electrons. The number of phenolic OH excluding ortho intramolecular Hbond substituents is 1. The standard InChI is InChI=1S/C16H23N3O3.2ClH/c1-11-5-6-13(19(21)22)14(16(11)20)15(12-3-2-4-12)18-9-7-17-8-10-18;;/h5-6,12,15,17,20H,2-4,7-10H2,1H3;2*1H/t15-;;/m1../s1. The van der Waals surface area contributed by atoms with Crippen LogP contribution < -0.4 is 5.32 Å². The van der Waals surface area contributed by atoms with Gasteiger partial charge in [0.15, 0.2) is 0 Å². The summed E-state index contributed by atoms with van der Waals surface area (Å²) in [5.41, 5.74) is 1.29. The molecule has 1 saturated heterocycles. The highest BCUT2D eigenvalue weighted by molar-refractivity contribution is 5.85. The zero-order valence-corrected chi connectivity index (χ0v) is 15.4. The fourth-order valence-electron chi connectivity index (χ4n) is 3.59. The molecule has 24 heavy (non-hydrogen) atoms. The van der Waals surface area contributed by atoms with Gasteiger partial charge in [-0.15, -0.1) is 24.8 Å². The molecule has 1 aliphatic heterocycles. The van der Waals surface area contributed by atoms with Gasteiger partial charge in [0.25, 0.3) is 5.69 Å². The van der Waals surface area contributed by atoms with E-state index in [1.165, 1.54) is 12.5 Å². The van der Waals surface area contributed by atoms with Crippen molar-refractivity contribution in [2.75, 3.05) is 26.2 Å². The van der Waals surface area contributed by atoms with Crippen molar-refractivity contribution in [3.63, 3.8) is 0 Å². The van der Waals surface area contributed by atoms with Crippen molar-refractivity contribution in [1.29, 1.82) is 0 Å². The molecule has 0 radical (unpaired) electrons. The number of hydrogen-bond donors (Lipinski definition) is 2. The van der Waals surface area contributed by atoms with E-state index >= 15 is 0 Å². The lowest BCUT2D eigenvalue weighted by molar-refractivity contribution is -0.386. The third kappa shape index (κ3) is 3.94. The monoisotopic (exact) mass is 377 g/mol. The summed E-state index contributed by atoms with van der Waals surface area (Å²) < 4.78 is 0. The van der Waals surface area contributed by atoms with Crippen LogP contribution in [0.15, 0.2) is 12.1 Å². The summed E-state index contributed by atoms with van der Waals surface area (Å²) in [4.78, 5) is 13.4. The molecule has 0 spiro atoms. The topological polar surface area (TPSA) is 78.6 Å². The van der Waals surface area contributed by atoms with Gasteiger partial charge >= 0.3 is 0 Å². The Morgan fingerprint density at radius 1 is 1.29 bits per heavy atom. The number of nitro benzene ring substituents is 1. The fourth-order valence-corrected chi connectivity index (χ4v) is 3.59. The Morgan fingerprint density at radius 3 is 2.42 bits per heavy atom. The van der Waals surface area contributed by atoms with E-state index in [9.17, 15) is 15.2 Å². The van der Waals surface area contributed by atoms with Crippen LogP contribution in [-0.4, -0.2) is 41.1 Å². The number of phenols is 1. The van der Waals surface area contributed by atoms with Gasteiger partial charge in [-0.25, -0.2) is 0 Å². The van der Waals surface area contributed by atoms with Crippen LogP contribution in [0.3, 0.4) is 0 Å². The minimum atomic E-state index is -0.359. The first-order valence-corrected chi connectivity index (χ1v) is 8.01. The van der Waals surface area contributed by atoms with E-state index in [2.05, 4.69) is 10.2 Å². The Labute approximate surface area is 154 Å². The molecule has 2 fully saturated rings. The Bertz CT molecular complexity index is 576. The Morgan fingerprint density at radius 2 is 1.92 bits per heavy atom. The van der Waals surface area contributed by atoms with Crippen molar-refractivity contribution < 1.29 is 10.0 Å². The summed E-state index contributed by atoms with van der Waals surface area (Å²) in [6, 6.07) is 3.13. The minimum Gasteiger partial charge on any atom is -0.507 e. The molecular formula is C16H25Cl2N3O3. The normalized spacial score (nSPS) is 19.5. The predicted molar refractivity (Wildman–Crippen MR) is 98.5 cm³/mol. The first-order chi connectivity index (χ1) is 10.6. The van der Waals surface area contributed by atoms with E-state index in [1.54, 1.807) is 13.0 Å². The van der Waals surface area contributed by atoms with Crippen molar-refractivity contribution >= 4 is 30.5 Å². The minimum absolute atomic E-state index is 0. The largest absolute Gasteiger partial charge is 0.507 e. The number of benzene rings is 1. The second-order valence-corrected chi connectivity index (χ2v) is 6.34. The number of piperazine rings is 1. The summed E-state index contributed by atoms with van der Waals surface area (Å²) in [7, 11) is 0. The van der Waals surface area contributed by atoms with Crippen LogP contribution in [0.5, 0.6) is 5.75 Å². The van der Waals surface area contributed by atoms with Crippen LogP contribution in [0.1, 0.15) is 36.4 Å². The number of rotatable bonds is 4. The second kappa shape index (κ2) is 8.85. The summed E-state index contributed by atoms with van der Waals surface area (Å²) in [6.45, 7) is 5.32. The van der Waals surface area contributed by atoms with Gasteiger partial charge in [0, 0.05) is 38.3 Å². The molecule has 1 aromatic rings. The highest BCUT2D eigenvalue weighted by atomic mass is 35.5. The van der Waals surface area contributed by atoms with E-state index in [-0.39, 0.29) is 47.2 Å². The van der Waals surface area contributed by atoms with Gasteiger partial charge in [-0.3, -0.25) is 15.0 Å². The van der Waals surface area contributed by atoms with Gasteiger partial charge in [-0.1, -0.05) is 6.42 Å². The van der Waals surface area contributed by atoms with Crippen molar-refractivity contribution in [3.8, 4) is 5.75 Å². The molecule has 8 heteroatoms. The molecule has 1 aromatic carbocycles. The molecule has 3 rings (SSSR count). The van der Waals surface area contributed by atoms with E-state index in [0.717, 1.165) is 39.0 Å². The Kier molecular flexibility index (Phi) is 7.73. The lowest BCUT2D eigenvalue weighted by atomic mass is 9.75. The van der Waals surface area contributed by atoms with Crippen molar-refractivity contribution in [3.05, 3.63) is 33.4 Å². The van der Waals surface area contributed by atoms with E-state index in [0.29, 0.717) is 17.0 Å². The number of halogens is 2. The van der Waals surface area contributed by atoms with Gasteiger partial charge in [0.2, 0.25) is 0 Å². The summed E-state index contributed by atoms with van der Waals surface area (Å²) in [6.07, 6.45) is 3.34. The van der Waals surface area contributed by atoms with Gasteiger partial charge in [-0.05, 0) is 37.3 Å². The maximum Gasteiger partial charge on any atom is 0.277 e. The van der Waals surface area contributed by atoms with Crippen LogP contribution in [0.4, 0.5) is 5.69 Å². The average Bonchev–Trinajstić information content (AvgIpc) is 2.46. The average molecular weight is 378 g/mol. The predicted octanol–water partition coefficient (Wildman–Crippen LogP) is 3.20. The van der Waals surface area contributed by atoms with Crippen LogP contribution in [0.2, 0.25) is 0 Å². The van der Waals surface area contributed by atoms with Gasteiger partial charge < -0.3 is 10.4 Å². The number of aromatic hydroxyl groups is 1. The highest BCUT2D eigenvalue weighted by Crippen LogP contribution is 2.48. The maximum absolute atomic E-state index is 11.5. The van der Waals surface area contributed by atoms with Crippen LogP contribution in [0, 0.1) is 23.0 Å². The SMILES string of the molecule is Cc1ccc([N+](=O)[O-])c([C@@H](C2CCC2)N2CCNCC2)c1O.Cl.Cl. The number of nitrogens with one attached hydrogen (secondary N) is 1. The van der Waals surface area contributed by atoms with E-state index in [4.69, 9.17) is 0 Å². The van der Waals surface area contributed by atoms with Crippen molar-refractivity contribution in [1.82, 2.24) is 10.2 Å². The number of nitrogens with zero attached hydrogens (tertiary/aromatic N) is 2. The molecular weight excluding hydrogens is 353 g/mol. The zero-order valence-electron chi connectivity index (χ0n) is 13.7. The number of hydrogen-bond acceptors (Lipinski definition) is 5. The molecule has 2 N–H and O–H groups in total. The summed E-state index contributed by atoms with van der Waals surface area (Å²) >= 11 is 0. The Balaban J connectivity index is 0.00000144. The number of aryl methyl sites for hydroxylation is 1. The summed E-state index contributed by atoms with van der Waals surface area (Å²) in [5.74, 6) is 0.508. The molecule has 6 nitrogen and oxygen atoms in total. The van der Waals surface area contributed by atoms with Gasteiger partial charge in [0.05, 0.1) is 10.5 Å². The lowest BCUT2D eigenvalue weighted by Crippen LogP contribution is -2.48. The molecule has 1 aliphatic carbocycles. The molecule has 0 unspecified atom stereocenters. The molecule has 0 bridgehead atoms. The Hall–Kier alpha value is -1.08. The smallest absolute Gasteiger partial charge is 0.277 e. The molecule has 2 aliphatic rings. The van der Waals surface area contributed by atoms with Crippen LogP contribution in [-0.2, 0) is 0 Å². The van der Waals surface area contributed by atoms with Crippen molar-refractivity contribution in [2.24, 2.45) is 5.92 Å². The van der Waals surface area contributed by atoms with E-state index in [1.807, 2.05) is 0 Å². The quantitative estimate of drug-likeness (QED) is 0.622. The van der Waals surface area contributed by atoms with Crippen molar-refractivity contribution in [2.45, 2.75) is 32.2 Å². The van der Waals surface area contributed by atoms with Gasteiger partial charge in [-0.2, -0.15) is 0 Å². The molecule has 0 aromatic heterocycles. The van der Waals surface area contributed by atoms with Crippen LogP contribution in [0.25, 0.3) is 0 Å². The first-order valence-electron chi connectivity index (χ1n) is 8.01. The maximum atomic E-state index is 11.5. The highest BCUT2D eigenvalue weighted by Gasteiger charge is 2.39. The summed E-state index contributed by atoms with van der Waals surface area (Å²) in [5, 5.41) is 25.3. The van der Waals surface area contributed by atoms with Crippen LogP contribution >= 0.6 is 24.8 Å². The number of nitro groups is 1. The zero-order chi connectivity index (χ0) is 15.7. The third-order valence-electron chi connectivity index (χ3n) is 5.03. The first kappa shape index (κ1) is 21.0. The third-order valence-corrected chi connectivity index (χ3v) is 5.03. The van der Waals surface area contributed by atoms with Gasteiger partial charge in [0.1, 0.15) is 5.75 Å². The molecule has 1 atom stereocenters. The van der Waals surface area contributed by atoms with E-state index < -0.39 is 0 Å². The molecule has 0 amide bonds. The molecule has 1 saturated carbocycles. The molecule has 1 heterocycles.